The van der Waals surface area contributed by atoms with Crippen LogP contribution in [0.5, 0.6) is 5.75 Å². The molecule has 0 heterocycles. The Kier molecular flexibility index (Phi) is 3.76. The topological polar surface area (TPSA) is 35.2 Å². The summed E-state index contributed by atoms with van der Waals surface area (Å²) in [6.45, 7) is 1.95. The van der Waals surface area contributed by atoms with E-state index in [9.17, 15) is 0 Å². The fraction of sp³-hybridized carbons (Fsp3) is 0.333. The van der Waals surface area contributed by atoms with Crippen molar-refractivity contribution in [1.29, 1.82) is 0 Å². The smallest absolute Gasteiger partial charge is 0.147 e. The van der Waals surface area contributed by atoms with E-state index in [2.05, 4.69) is 31.9 Å². The quantitative estimate of drug-likeness (QED) is 0.910. The number of benzene rings is 1. The van der Waals surface area contributed by atoms with E-state index >= 15 is 0 Å². The zero-order chi connectivity index (χ0) is 10.0. The summed E-state index contributed by atoms with van der Waals surface area (Å²) in [7, 11) is 1.64. The molecule has 13 heavy (non-hydrogen) atoms. The zero-order valence-corrected chi connectivity index (χ0v) is 10.6. The average molecular weight is 309 g/mol. The molecule has 1 aromatic rings. The summed E-state index contributed by atoms with van der Waals surface area (Å²) in [5.41, 5.74) is 6.83. The number of rotatable bonds is 2. The number of nitrogens with two attached hydrogens (primary N) is 1. The molecule has 4 heteroatoms. The van der Waals surface area contributed by atoms with Gasteiger partial charge in [-0.3, -0.25) is 0 Å². The van der Waals surface area contributed by atoms with E-state index in [1.807, 2.05) is 19.1 Å². The lowest BCUT2D eigenvalue weighted by Gasteiger charge is -2.11. The third-order valence-corrected chi connectivity index (χ3v) is 2.93. The van der Waals surface area contributed by atoms with Crippen molar-refractivity contribution < 1.29 is 4.74 Å². The molecule has 1 atom stereocenters. The first-order valence-corrected chi connectivity index (χ1v) is 5.43. The van der Waals surface area contributed by atoms with Crippen LogP contribution in [0.4, 0.5) is 0 Å². The molecule has 72 valence electrons. The number of halogens is 2. The van der Waals surface area contributed by atoms with Crippen LogP contribution in [-0.4, -0.2) is 7.11 Å². The zero-order valence-electron chi connectivity index (χ0n) is 7.47. The first-order valence-electron chi connectivity index (χ1n) is 3.84. The van der Waals surface area contributed by atoms with Gasteiger partial charge in [-0.05, 0) is 56.5 Å². The molecular formula is C9H11Br2NO. The standard InChI is InChI=1S/C9H11Br2NO/c1-5(12)6-3-7(10)9(13-2)8(11)4-6/h3-5H,12H2,1-2H3/t5-/m0/s1. The molecule has 0 spiro atoms. The molecule has 0 saturated heterocycles. The second-order valence-corrected chi connectivity index (χ2v) is 4.52. The predicted octanol–water partition coefficient (Wildman–Crippen LogP) is 3.24. The van der Waals surface area contributed by atoms with Gasteiger partial charge in [0.15, 0.2) is 0 Å². The minimum atomic E-state index is 0.0264. The SMILES string of the molecule is COc1c(Br)cc([C@H](C)N)cc1Br. The molecule has 2 nitrogen and oxygen atoms in total. The lowest BCUT2D eigenvalue weighted by molar-refractivity contribution is 0.409. The van der Waals surface area contributed by atoms with E-state index in [0.29, 0.717) is 0 Å². The van der Waals surface area contributed by atoms with Gasteiger partial charge in [0.1, 0.15) is 5.75 Å². The highest BCUT2D eigenvalue weighted by atomic mass is 79.9. The molecule has 0 saturated carbocycles. The van der Waals surface area contributed by atoms with Crippen molar-refractivity contribution in [2.45, 2.75) is 13.0 Å². The van der Waals surface area contributed by atoms with E-state index in [1.165, 1.54) is 0 Å². The molecule has 1 aromatic carbocycles. The highest BCUT2D eigenvalue weighted by Crippen LogP contribution is 2.35. The van der Waals surface area contributed by atoms with Crippen LogP contribution in [0, 0.1) is 0 Å². The maximum absolute atomic E-state index is 5.76. The van der Waals surface area contributed by atoms with Crippen molar-refractivity contribution >= 4 is 31.9 Å². The van der Waals surface area contributed by atoms with Crippen LogP contribution in [0.1, 0.15) is 18.5 Å². The Bertz CT molecular complexity index is 289. The monoisotopic (exact) mass is 307 g/mol. The molecule has 1 rings (SSSR count). The number of hydrogen-bond donors (Lipinski definition) is 1. The van der Waals surface area contributed by atoms with Crippen LogP contribution in [0.15, 0.2) is 21.1 Å². The van der Waals surface area contributed by atoms with Crippen LogP contribution >= 0.6 is 31.9 Å². The van der Waals surface area contributed by atoms with Crippen LogP contribution < -0.4 is 10.5 Å². The molecule has 0 unspecified atom stereocenters. The molecule has 0 aromatic heterocycles. The fourth-order valence-corrected chi connectivity index (χ4v) is 2.58. The summed E-state index contributed by atoms with van der Waals surface area (Å²) in [4.78, 5) is 0. The van der Waals surface area contributed by atoms with Gasteiger partial charge in [-0.2, -0.15) is 0 Å². The summed E-state index contributed by atoms with van der Waals surface area (Å²) in [6.07, 6.45) is 0. The Morgan fingerprint density at radius 3 is 2.08 bits per heavy atom. The van der Waals surface area contributed by atoms with Gasteiger partial charge in [0, 0.05) is 6.04 Å². The molecule has 0 fully saturated rings. The van der Waals surface area contributed by atoms with Gasteiger partial charge < -0.3 is 10.5 Å². The maximum atomic E-state index is 5.76. The number of methoxy groups -OCH3 is 1. The third-order valence-electron chi connectivity index (χ3n) is 1.75. The average Bonchev–Trinajstić information content (AvgIpc) is 2.03. The van der Waals surface area contributed by atoms with Crippen molar-refractivity contribution in [2.24, 2.45) is 5.73 Å². The van der Waals surface area contributed by atoms with Crippen molar-refractivity contribution in [3.05, 3.63) is 26.6 Å². The van der Waals surface area contributed by atoms with Gasteiger partial charge in [0.2, 0.25) is 0 Å². The molecule has 0 aliphatic carbocycles. The van der Waals surface area contributed by atoms with E-state index < -0.39 is 0 Å². The van der Waals surface area contributed by atoms with Crippen molar-refractivity contribution in [1.82, 2.24) is 0 Å². The first kappa shape index (κ1) is 11.0. The van der Waals surface area contributed by atoms with Crippen LogP contribution in [-0.2, 0) is 0 Å². The summed E-state index contributed by atoms with van der Waals surface area (Å²) in [6, 6.07) is 3.96. The lowest BCUT2D eigenvalue weighted by atomic mass is 10.1. The van der Waals surface area contributed by atoms with Gasteiger partial charge >= 0.3 is 0 Å². The Labute approximate surface area is 94.7 Å². The van der Waals surface area contributed by atoms with Crippen molar-refractivity contribution in [3.63, 3.8) is 0 Å². The molecular weight excluding hydrogens is 298 g/mol. The van der Waals surface area contributed by atoms with Crippen LogP contribution in [0.2, 0.25) is 0 Å². The molecule has 0 bridgehead atoms. The Morgan fingerprint density at radius 1 is 1.31 bits per heavy atom. The van der Waals surface area contributed by atoms with Crippen LogP contribution in [0.25, 0.3) is 0 Å². The van der Waals surface area contributed by atoms with Gasteiger partial charge in [0.05, 0.1) is 16.1 Å². The normalized spacial score (nSPS) is 12.7. The minimum absolute atomic E-state index is 0.0264. The Balaban J connectivity index is 3.20. The van der Waals surface area contributed by atoms with E-state index in [0.717, 1.165) is 20.3 Å². The van der Waals surface area contributed by atoms with E-state index in [-0.39, 0.29) is 6.04 Å². The molecule has 0 aliphatic heterocycles. The summed E-state index contributed by atoms with van der Waals surface area (Å²) >= 11 is 6.83. The predicted molar refractivity (Wildman–Crippen MR) is 61.0 cm³/mol. The van der Waals surface area contributed by atoms with E-state index in [1.54, 1.807) is 7.11 Å². The van der Waals surface area contributed by atoms with Gasteiger partial charge in [-0.25, -0.2) is 0 Å². The third kappa shape index (κ3) is 2.45. The van der Waals surface area contributed by atoms with Gasteiger partial charge in [0.25, 0.3) is 0 Å². The second-order valence-electron chi connectivity index (χ2n) is 2.81. The Hall–Kier alpha value is -0.0600. The number of hydrogen-bond acceptors (Lipinski definition) is 2. The minimum Gasteiger partial charge on any atom is -0.494 e. The molecule has 0 amide bonds. The molecule has 0 aliphatic rings. The molecule has 0 radical (unpaired) electrons. The largest absolute Gasteiger partial charge is 0.494 e. The summed E-state index contributed by atoms with van der Waals surface area (Å²) in [5.74, 6) is 0.796. The van der Waals surface area contributed by atoms with Crippen molar-refractivity contribution in [2.75, 3.05) is 7.11 Å². The molecule has 2 N–H and O–H groups in total. The van der Waals surface area contributed by atoms with Gasteiger partial charge in [-0.1, -0.05) is 0 Å². The fourth-order valence-electron chi connectivity index (χ4n) is 1.04. The van der Waals surface area contributed by atoms with Crippen molar-refractivity contribution in [3.8, 4) is 5.75 Å². The first-order chi connectivity index (χ1) is 6.06. The number of ether oxygens (including phenoxy) is 1. The highest BCUT2D eigenvalue weighted by molar-refractivity contribution is 9.11. The van der Waals surface area contributed by atoms with Gasteiger partial charge in [-0.15, -0.1) is 0 Å². The van der Waals surface area contributed by atoms with E-state index in [4.69, 9.17) is 10.5 Å². The lowest BCUT2D eigenvalue weighted by Crippen LogP contribution is -2.05. The summed E-state index contributed by atoms with van der Waals surface area (Å²) in [5, 5.41) is 0. The highest BCUT2D eigenvalue weighted by Gasteiger charge is 2.09. The Morgan fingerprint density at radius 2 is 1.77 bits per heavy atom. The van der Waals surface area contributed by atoms with Crippen LogP contribution in [0.3, 0.4) is 0 Å². The second kappa shape index (κ2) is 4.44. The summed E-state index contributed by atoms with van der Waals surface area (Å²) < 4.78 is 7.00. The maximum Gasteiger partial charge on any atom is 0.147 e.